The number of amides is 2. The number of hydrogen-bond donors (Lipinski definition) is 4. The Bertz CT molecular complexity index is 4100. The van der Waals surface area contributed by atoms with Gasteiger partial charge in [-0.15, -0.1) is 20.5 Å². The van der Waals surface area contributed by atoms with Gasteiger partial charge in [-0.2, -0.15) is 20.5 Å². The van der Waals surface area contributed by atoms with Crippen molar-refractivity contribution in [1.82, 2.24) is 0 Å². The van der Waals surface area contributed by atoms with Crippen molar-refractivity contribution in [1.29, 1.82) is 0 Å². The summed E-state index contributed by atoms with van der Waals surface area (Å²) in [6.45, 7) is 0. The van der Waals surface area contributed by atoms with Gasteiger partial charge in [0.05, 0.1) is 42.3 Å². The fourth-order valence-corrected chi connectivity index (χ4v) is 10.5. The molecule has 400 valence electrons. The second-order valence-corrected chi connectivity index (χ2v) is 22.3. The van der Waals surface area contributed by atoms with E-state index in [1.807, 2.05) is 0 Å². The van der Waals surface area contributed by atoms with Gasteiger partial charge in [-0.25, -0.2) is 62.6 Å². The van der Waals surface area contributed by atoms with E-state index < -0.39 is 100 Å². The molecule has 0 aliphatic rings. The second-order valence-electron chi connectivity index (χ2n) is 15.7. The van der Waals surface area contributed by atoms with Gasteiger partial charge in [0.25, 0.3) is 0 Å². The molecule has 0 fully saturated rings. The average molecular weight is 1310 g/mol. The zero-order valence-electron chi connectivity index (χ0n) is 44.2. The van der Waals surface area contributed by atoms with E-state index in [4.69, 9.17) is 0 Å². The van der Waals surface area contributed by atoms with Crippen LogP contribution in [-0.4, -0.2) is 77.2 Å². The molecule has 0 atom stereocenters. The quantitative estimate of drug-likeness (QED) is 0.0302. The van der Waals surface area contributed by atoms with Gasteiger partial charge in [0, 0.05) is 22.1 Å². The monoisotopic (exact) mass is 1310 g/mol. The number of anilines is 2. The second kappa shape index (κ2) is 33.0. The first-order valence-corrected chi connectivity index (χ1v) is 28.2. The van der Waals surface area contributed by atoms with Crippen molar-refractivity contribution in [2.24, 2.45) is 40.9 Å². The summed E-state index contributed by atoms with van der Waals surface area (Å²) in [6.07, 6.45) is 0. The number of rotatable bonds is 16. The first-order valence-electron chi connectivity index (χ1n) is 21.0. The van der Waals surface area contributed by atoms with Crippen molar-refractivity contribution in [2.75, 3.05) is 10.6 Å². The van der Waals surface area contributed by atoms with E-state index in [-0.39, 0.29) is 257 Å². The molecule has 2 amide bonds. The van der Waals surface area contributed by atoms with E-state index in [9.17, 15) is 76.0 Å². The molecule has 27 nitrogen and oxygen atoms in total. The van der Waals surface area contributed by atoms with Gasteiger partial charge in [0.1, 0.15) is 74.7 Å². The molecule has 8 aromatic rings. The summed E-state index contributed by atoms with van der Waals surface area (Å²) in [5.74, 6) is -1.95. The van der Waals surface area contributed by atoms with Crippen molar-refractivity contribution in [3.05, 3.63) is 133 Å². The summed E-state index contributed by atoms with van der Waals surface area (Å²) >= 11 is 0.481. The summed E-state index contributed by atoms with van der Waals surface area (Å²) in [5, 5.41) is 55.9. The number of phenolic OH excluding ortho intramolecular Hbond substituents is 2. The summed E-state index contributed by atoms with van der Waals surface area (Å²) in [4.78, 5) is 9.78. The maximum Gasteiger partial charge on any atom is 1.00 e. The Kier molecular flexibility index (Phi) is 30.6. The SMILES string of the molecule is O=C(Nc1ccc2c(S(=O)(=O)[O-])c(N=Nc3ccc(N=Nc4ccc(S[O-])cc4)cc3S(=O)(=O)[O-])c(O)cc2c1)Nc1ccc2c(S(=O)(=O)[O-])c(N=Nc3ccc(N=Nc4ccc(S[O-])cc4)cc3S(=O)(=O)[O-])c(O)cc2c1.[Na+].[Na+].[Na+].[Na+].[Na+].[Na+]. The number of nitrogens with one attached hydrogen (secondary N) is 2. The van der Waals surface area contributed by atoms with Crippen molar-refractivity contribution < 1.29 is 253 Å². The van der Waals surface area contributed by atoms with Crippen LogP contribution in [0.4, 0.5) is 61.7 Å². The van der Waals surface area contributed by atoms with Gasteiger partial charge in [-0.1, -0.05) is 12.1 Å². The van der Waals surface area contributed by atoms with Crippen LogP contribution in [0.3, 0.4) is 0 Å². The molecule has 0 unspecified atom stereocenters. The number of carbonyl (C=O) groups excluding carboxylic acids is 1. The smallest absolute Gasteiger partial charge is 0.795 e. The molecule has 0 bridgehead atoms. The molecular weight excluding hydrogens is 1280 g/mol. The molecule has 8 rings (SSSR count). The fourth-order valence-electron chi connectivity index (χ4n) is 7.12. The number of fused-ring (bicyclic) bond motifs is 2. The Hall–Kier alpha value is -2.19. The number of phenols is 2. The van der Waals surface area contributed by atoms with Crippen LogP contribution in [0.25, 0.3) is 21.5 Å². The third-order valence-corrected chi connectivity index (χ3v) is 15.0. The van der Waals surface area contributed by atoms with E-state index >= 15 is 0 Å². The van der Waals surface area contributed by atoms with Crippen LogP contribution in [0, 0.1) is 0 Å². The standard InChI is InChI=1S/C45H32N10O17S6.6Na/c56-37-19-23-17-27(5-13-33(23)43(77(67,68)69)41(37)54-52-35-15-7-29(21-39(35)75(61,62)63)50-48-25-1-9-31(73-59)10-2-25)46-45(58)47-28-6-14-34-24(18-28)20-38(57)42(44(34)78(70,71)72)55-53-36-16-8-30(22-40(36)76(64,65)66)51-49-26-3-11-32(74-60)12-4-26;;;;;;/h1-22,56-57,59-60H,(H2,46,47,58)(H,61,62,63)(H,64,65,66)(H,67,68,69)(H,70,71,72);;;;;;/q;6*+1/p-6. The molecule has 84 heavy (non-hydrogen) atoms. The number of benzene rings is 8. The van der Waals surface area contributed by atoms with Gasteiger partial charge < -0.3 is 48.2 Å². The maximum atomic E-state index is 13.2. The zero-order valence-corrected chi connectivity index (χ0v) is 61.1. The Morgan fingerprint density at radius 3 is 1.02 bits per heavy atom. The van der Waals surface area contributed by atoms with Crippen LogP contribution in [0.1, 0.15) is 0 Å². The minimum Gasteiger partial charge on any atom is -0.795 e. The Morgan fingerprint density at radius 2 is 0.714 bits per heavy atom. The molecule has 0 aromatic heterocycles. The normalized spacial score (nSPS) is 11.8. The molecule has 0 aliphatic heterocycles. The molecule has 0 aliphatic carbocycles. The van der Waals surface area contributed by atoms with Crippen molar-refractivity contribution >= 4 is 149 Å². The van der Waals surface area contributed by atoms with E-state index in [1.54, 1.807) is 0 Å². The minimum absolute atomic E-state index is 0. The Labute approximate surface area is 618 Å². The van der Waals surface area contributed by atoms with Gasteiger partial charge >= 0.3 is 183 Å². The summed E-state index contributed by atoms with van der Waals surface area (Å²) in [5.41, 5.74) is -3.11. The average Bonchev–Trinajstić information content (AvgIpc) is 3.58. The molecule has 0 saturated heterocycles. The third kappa shape index (κ3) is 19.9. The Morgan fingerprint density at radius 1 is 0.393 bits per heavy atom. The van der Waals surface area contributed by atoms with E-state index in [0.717, 1.165) is 72.8 Å². The van der Waals surface area contributed by atoms with Gasteiger partial charge in [-0.05, 0) is 142 Å². The molecule has 0 spiro atoms. The first kappa shape index (κ1) is 77.9. The van der Waals surface area contributed by atoms with Gasteiger partial charge in [0.15, 0.2) is 0 Å². The summed E-state index contributed by atoms with van der Waals surface area (Å²) < 4.78 is 171. The summed E-state index contributed by atoms with van der Waals surface area (Å²) in [7, 11) is -21.7. The molecule has 39 heteroatoms. The molecule has 4 N–H and O–H groups in total. The number of nitrogens with zero attached hydrogens (tertiary/aromatic N) is 8. The molecule has 8 aromatic carbocycles. The van der Waals surface area contributed by atoms with E-state index in [1.165, 1.54) is 60.7 Å². The van der Waals surface area contributed by atoms with Crippen molar-refractivity contribution in [2.45, 2.75) is 29.4 Å². The van der Waals surface area contributed by atoms with Crippen LogP contribution in [-0.2, 0) is 40.5 Å². The maximum absolute atomic E-state index is 13.2. The fraction of sp³-hybridized carbons (Fsp3) is 0. The number of azo groups is 4. The molecule has 0 heterocycles. The Balaban J connectivity index is 0.00000401. The first-order chi connectivity index (χ1) is 36.8. The topological polar surface area (TPSA) is 455 Å². The molecule has 0 radical (unpaired) electrons. The van der Waals surface area contributed by atoms with Crippen molar-refractivity contribution in [3.8, 4) is 11.5 Å². The zero-order chi connectivity index (χ0) is 56.3. The van der Waals surface area contributed by atoms with Crippen LogP contribution in [0.5, 0.6) is 11.5 Å². The number of urea groups is 1. The van der Waals surface area contributed by atoms with Crippen LogP contribution in [0.2, 0.25) is 0 Å². The number of carbonyl (C=O) groups is 1. The predicted octanol–water partition coefficient (Wildman–Crippen LogP) is -7.20. The van der Waals surface area contributed by atoms with Gasteiger partial charge in [0.2, 0.25) is 0 Å². The van der Waals surface area contributed by atoms with Crippen LogP contribution >= 0.6 is 24.1 Å². The van der Waals surface area contributed by atoms with E-state index in [0.29, 0.717) is 9.79 Å². The minimum atomic E-state index is -5.54. The number of hydrogen-bond acceptors (Lipinski definition) is 27. The number of aromatic hydroxyl groups is 2. The molecular formula is C45H26N10Na6O17S6. The van der Waals surface area contributed by atoms with Gasteiger partial charge in [-0.3, -0.25) is 0 Å². The van der Waals surface area contributed by atoms with Crippen LogP contribution in [0.15, 0.2) is 204 Å². The van der Waals surface area contributed by atoms with Crippen LogP contribution < -0.4 is 188 Å². The molecule has 0 saturated carbocycles. The predicted molar refractivity (Wildman–Crippen MR) is 271 cm³/mol. The third-order valence-electron chi connectivity index (χ3n) is 10.5. The largest absolute Gasteiger partial charge is 1.00 e. The summed E-state index contributed by atoms with van der Waals surface area (Å²) in [6, 6.07) is 25.0. The van der Waals surface area contributed by atoms with Crippen molar-refractivity contribution in [3.63, 3.8) is 0 Å². The van der Waals surface area contributed by atoms with E-state index in [2.05, 4.69) is 51.5 Å².